The first kappa shape index (κ1) is 13.4. The van der Waals surface area contributed by atoms with E-state index in [1.807, 2.05) is 35.2 Å². The molecule has 2 nitrogen and oxygen atoms in total. The van der Waals surface area contributed by atoms with Crippen molar-refractivity contribution in [2.75, 3.05) is 13.1 Å². The number of hydrogen-bond donors (Lipinski definition) is 1. The van der Waals surface area contributed by atoms with Crippen LogP contribution in [0.15, 0.2) is 30.3 Å². The van der Waals surface area contributed by atoms with Crippen LogP contribution in [0, 0.1) is 5.92 Å². The monoisotopic (exact) mass is 255 g/mol. The number of piperidine rings is 1. The summed E-state index contributed by atoms with van der Waals surface area (Å²) in [6, 6.07) is 9.81. The van der Waals surface area contributed by atoms with Gasteiger partial charge < -0.3 is 5.11 Å². The second kappa shape index (κ2) is 5.33. The predicted molar refractivity (Wildman–Crippen MR) is 66.5 cm³/mol. The highest BCUT2D eigenvalue weighted by molar-refractivity contribution is 5.14. The maximum atomic E-state index is 13.6. The number of aliphatic hydroxyl groups is 1. The van der Waals surface area contributed by atoms with Crippen LogP contribution in [0.3, 0.4) is 0 Å². The highest BCUT2D eigenvalue weighted by atomic mass is 19.3. The number of aliphatic hydroxyl groups excluding tert-OH is 1. The molecular weight excluding hydrogens is 236 g/mol. The molecule has 2 rings (SSSR count). The van der Waals surface area contributed by atoms with Crippen LogP contribution in [0.1, 0.15) is 18.9 Å². The van der Waals surface area contributed by atoms with Crippen molar-refractivity contribution in [3.63, 3.8) is 0 Å². The zero-order valence-electron chi connectivity index (χ0n) is 10.5. The van der Waals surface area contributed by atoms with Crippen LogP contribution in [0.5, 0.6) is 0 Å². The molecule has 1 aliphatic heterocycles. The Labute approximate surface area is 106 Å². The zero-order chi connectivity index (χ0) is 13.2. The Hall–Kier alpha value is -1.00. The third-order valence-electron chi connectivity index (χ3n) is 3.59. The van der Waals surface area contributed by atoms with E-state index in [9.17, 15) is 13.9 Å². The summed E-state index contributed by atoms with van der Waals surface area (Å²) >= 11 is 0. The van der Waals surface area contributed by atoms with Crippen molar-refractivity contribution in [1.29, 1.82) is 0 Å². The quantitative estimate of drug-likeness (QED) is 0.897. The van der Waals surface area contributed by atoms with Gasteiger partial charge in [0.25, 0.3) is 5.92 Å². The fraction of sp³-hybridized carbons (Fsp3) is 0.571. The Balaban J connectivity index is 2.01. The lowest BCUT2D eigenvalue weighted by Gasteiger charge is -2.39. The van der Waals surface area contributed by atoms with E-state index in [1.165, 1.54) is 6.92 Å². The van der Waals surface area contributed by atoms with Gasteiger partial charge in [-0.1, -0.05) is 30.3 Å². The van der Waals surface area contributed by atoms with Crippen LogP contribution < -0.4 is 0 Å². The molecule has 1 aromatic rings. The van der Waals surface area contributed by atoms with E-state index in [1.54, 1.807) is 0 Å². The Morgan fingerprint density at radius 1 is 1.39 bits per heavy atom. The summed E-state index contributed by atoms with van der Waals surface area (Å²) in [4.78, 5) is 1.99. The van der Waals surface area contributed by atoms with E-state index >= 15 is 0 Å². The van der Waals surface area contributed by atoms with Crippen molar-refractivity contribution < 1.29 is 13.9 Å². The standard InChI is InChI=1S/C14H19F2NO/c1-11(18)13-10-17(8-7-14(13,15)16)9-12-5-3-2-4-6-12/h2-6,11,13,18H,7-10H2,1H3. The molecule has 1 heterocycles. The average molecular weight is 255 g/mol. The van der Waals surface area contributed by atoms with E-state index in [0.29, 0.717) is 13.1 Å². The molecule has 1 aliphatic rings. The van der Waals surface area contributed by atoms with Gasteiger partial charge in [-0.05, 0) is 12.5 Å². The highest BCUT2D eigenvalue weighted by Crippen LogP contribution is 2.35. The predicted octanol–water partition coefficient (Wildman–Crippen LogP) is 2.52. The minimum atomic E-state index is -2.75. The van der Waals surface area contributed by atoms with Gasteiger partial charge in [-0.25, -0.2) is 8.78 Å². The molecule has 0 radical (unpaired) electrons. The van der Waals surface area contributed by atoms with Crippen molar-refractivity contribution in [3.8, 4) is 0 Å². The molecule has 0 aliphatic carbocycles. The number of likely N-dealkylation sites (tertiary alicyclic amines) is 1. The van der Waals surface area contributed by atoms with Gasteiger partial charge >= 0.3 is 0 Å². The summed E-state index contributed by atoms with van der Waals surface area (Å²) in [7, 11) is 0. The molecule has 0 spiro atoms. The van der Waals surface area contributed by atoms with Gasteiger partial charge in [-0.15, -0.1) is 0 Å². The van der Waals surface area contributed by atoms with E-state index in [0.717, 1.165) is 5.56 Å². The molecule has 18 heavy (non-hydrogen) atoms. The Morgan fingerprint density at radius 2 is 2.06 bits per heavy atom. The van der Waals surface area contributed by atoms with Crippen LogP contribution in [-0.4, -0.2) is 35.1 Å². The smallest absolute Gasteiger partial charge is 0.255 e. The Kier molecular flexibility index (Phi) is 3.97. The van der Waals surface area contributed by atoms with Crippen LogP contribution in [-0.2, 0) is 6.54 Å². The fourth-order valence-electron chi connectivity index (χ4n) is 2.49. The molecule has 100 valence electrons. The highest BCUT2D eigenvalue weighted by Gasteiger charge is 2.46. The number of nitrogens with zero attached hydrogens (tertiary/aromatic N) is 1. The van der Waals surface area contributed by atoms with E-state index < -0.39 is 17.9 Å². The lowest BCUT2D eigenvalue weighted by Crippen LogP contribution is -2.50. The topological polar surface area (TPSA) is 23.5 Å². The number of alkyl halides is 2. The summed E-state index contributed by atoms with van der Waals surface area (Å²) in [5, 5.41) is 9.49. The van der Waals surface area contributed by atoms with E-state index in [4.69, 9.17) is 0 Å². The molecule has 0 saturated carbocycles. The Morgan fingerprint density at radius 3 is 2.67 bits per heavy atom. The van der Waals surface area contributed by atoms with Gasteiger partial charge in [-0.2, -0.15) is 0 Å². The van der Waals surface area contributed by atoms with Crippen LogP contribution >= 0.6 is 0 Å². The van der Waals surface area contributed by atoms with Crippen LogP contribution in [0.2, 0.25) is 0 Å². The zero-order valence-corrected chi connectivity index (χ0v) is 10.5. The molecule has 4 heteroatoms. The van der Waals surface area contributed by atoms with Crippen molar-refractivity contribution in [2.24, 2.45) is 5.92 Å². The van der Waals surface area contributed by atoms with Gasteiger partial charge in [0.15, 0.2) is 0 Å². The summed E-state index contributed by atoms with van der Waals surface area (Å²) < 4.78 is 27.3. The maximum absolute atomic E-state index is 13.6. The van der Waals surface area contributed by atoms with Crippen LogP contribution in [0.4, 0.5) is 8.78 Å². The third kappa shape index (κ3) is 3.06. The molecule has 1 N–H and O–H groups in total. The minimum Gasteiger partial charge on any atom is -0.393 e. The van der Waals surface area contributed by atoms with Crippen molar-refractivity contribution >= 4 is 0 Å². The molecule has 2 atom stereocenters. The van der Waals surface area contributed by atoms with Gasteiger partial charge in [0.2, 0.25) is 0 Å². The molecule has 0 amide bonds. The van der Waals surface area contributed by atoms with Crippen molar-refractivity contribution in [1.82, 2.24) is 4.90 Å². The lowest BCUT2D eigenvalue weighted by molar-refractivity contribution is -0.140. The number of hydrogen-bond acceptors (Lipinski definition) is 2. The SMILES string of the molecule is CC(O)C1CN(Cc2ccccc2)CCC1(F)F. The first-order valence-corrected chi connectivity index (χ1v) is 6.31. The molecule has 1 fully saturated rings. The van der Waals surface area contributed by atoms with Gasteiger partial charge in [0, 0.05) is 26.1 Å². The van der Waals surface area contributed by atoms with Gasteiger partial charge in [0.05, 0.1) is 12.0 Å². The molecule has 2 unspecified atom stereocenters. The maximum Gasteiger partial charge on any atom is 0.255 e. The Bertz CT molecular complexity index is 381. The van der Waals surface area contributed by atoms with Crippen molar-refractivity contribution in [3.05, 3.63) is 35.9 Å². The molecule has 1 saturated heterocycles. The molecule has 0 bridgehead atoms. The fourth-order valence-corrected chi connectivity index (χ4v) is 2.49. The largest absolute Gasteiger partial charge is 0.393 e. The third-order valence-corrected chi connectivity index (χ3v) is 3.59. The summed E-state index contributed by atoms with van der Waals surface area (Å²) in [6.07, 6.45) is -1.14. The van der Waals surface area contributed by atoms with E-state index in [2.05, 4.69) is 0 Å². The van der Waals surface area contributed by atoms with Crippen LogP contribution in [0.25, 0.3) is 0 Å². The second-order valence-electron chi connectivity index (χ2n) is 5.08. The number of rotatable bonds is 3. The average Bonchev–Trinajstić information content (AvgIpc) is 2.32. The molecule has 1 aromatic carbocycles. The number of halogens is 2. The summed E-state index contributed by atoms with van der Waals surface area (Å²) in [5.41, 5.74) is 1.12. The van der Waals surface area contributed by atoms with Crippen molar-refractivity contribution in [2.45, 2.75) is 31.9 Å². The second-order valence-corrected chi connectivity index (χ2v) is 5.08. The number of benzene rings is 1. The lowest BCUT2D eigenvalue weighted by atomic mass is 9.89. The van der Waals surface area contributed by atoms with Gasteiger partial charge in [-0.3, -0.25) is 4.90 Å². The normalized spacial score (nSPS) is 25.9. The van der Waals surface area contributed by atoms with Gasteiger partial charge in [0.1, 0.15) is 0 Å². The first-order valence-electron chi connectivity index (χ1n) is 6.31. The van der Waals surface area contributed by atoms with E-state index in [-0.39, 0.29) is 13.0 Å². The molecular formula is C14H19F2NO. The summed E-state index contributed by atoms with van der Waals surface area (Å²) in [5.74, 6) is -3.71. The molecule has 0 aromatic heterocycles. The minimum absolute atomic E-state index is 0.171. The first-order chi connectivity index (χ1) is 8.49. The summed E-state index contributed by atoms with van der Waals surface area (Å²) in [6.45, 7) is 2.75.